The zero-order valence-electron chi connectivity index (χ0n) is 18.3. The van der Waals surface area contributed by atoms with Crippen LogP contribution in [0.3, 0.4) is 0 Å². The van der Waals surface area contributed by atoms with Gasteiger partial charge in [-0.25, -0.2) is 17.8 Å². The maximum Gasteiger partial charge on any atom is 0.256 e. The summed E-state index contributed by atoms with van der Waals surface area (Å²) in [6, 6.07) is 25.4. The minimum Gasteiger partial charge on any atom is -0.307 e. The van der Waals surface area contributed by atoms with Crippen molar-refractivity contribution >= 4 is 21.7 Å². The Balaban J connectivity index is 1.65. The Bertz CT molecular complexity index is 1380. The predicted molar refractivity (Wildman–Crippen MR) is 129 cm³/mol. The zero-order chi connectivity index (χ0) is 23.4. The van der Waals surface area contributed by atoms with Gasteiger partial charge in [0.05, 0.1) is 17.1 Å². The predicted octanol–water partition coefficient (Wildman–Crippen LogP) is 4.07. The summed E-state index contributed by atoms with van der Waals surface area (Å²) in [4.78, 5) is 13.0. The van der Waals surface area contributed by atoms with Gasteiger partial charge in [0.25, 0.3) is 5.91 Å². The lowest BCUT2D eigenvalue weighted by atomic mass is 10.1. The van der Waals surface area contributed by atoms with Crippen molar-refractivity contribution < 1.29 is 13.2 Å². The summed E-state index contributed by atoms with van der Waals surface area (Å²) in [5.41, 5.74) is 4.22. The van der Waals surface area contributed by atoms with Gasteiger partial charge in [0, 0.05) is 17.2 Å². The molecule has 4 aromatic rings. The van der Waals surface area contributed by atoms with Crippen molar-refractivity contribution in [2.24, 2.45) is 0 Å². The number of sulfonamides is 1. The van der Waals surface area contributed by atoms with E-state index >= 15 is 0 Å². The number of hydrogen-bond acceptors (Lipinski definition) is 4. The number of aromatic nitrogens is 2. The SMILES string of the molecule is CNS(=O)(=O)c1ccc(C(=O)Nc2cc(-c3ccccc3C)nn2Cc2ccccc2)cc1. The molecule has 7 nitrogen and oxygen atoms in total. The molecule has 0 spiro atoms. The van der Waals surface area contributed by atoms with Gasteiger partial charge in [-0.1, -0.05) is 54.6 Å². The zero-order valence-corrected chi connectivity index (χ0v) is 19.1. The Kier molecular flexibility index (Phi) is 6.39. The standard InChI is InChI=1S/C25H24N4O3S/c1-18-8-6-7-11-22(18)23-16-24(29(28-23)17-19-9-4-3-5-10-19)27-25(30)20-12-14-21(15-13-20)33(31,32)26-2/h3-16,26H,17H2,1-2H3,(H,27,30). The molecule has 0 saturated carbocycles. The van der Waals surface area contributed by atoms with Crippen LogP contribution in [0.2, 0.25) is 0 Å². The Morgan fingerprint density at radius 2 is 1.61 bits per heavy atom. The maximum atomic E-state index is 12.9. The second-order valence-electron chi connectivity index (χ2n) is 7.56. The number of nitrogens with zero attached hydrogens (tertiary/aromatic N) is 2. The van der Waals surface area contributed by atoms with E-state index in [1.807, 2.05) is 67.6 Å². The average Bonchev–Trinajstić information content (AvgIpc) is 3.21. The molecule has 0 unspecified atom stereocenters. The number of hydrogen-bond donors (Lipinski definition) is 2. The molecule has 0 fully saturated rings. The molecule has 0 atom stereocenters. The molecule has 4 rings (SSSR count). The van der Waals surface area contributed by atoms with Gasteiger partial charge in [0.1, 0.15) is 5.82 Å². The van der Waals surface area contributed by atoms with E-state index in [-0.39, 0.29) is 10.8 Å². The topological polar surface area (TPSA) is 93.1 Å². The second-order valence-corrected chi connectivity index (χ2v) is 9.45. The summed E-state index contributed by atoms with van der Waals surface area (Å²) in [6.07, 6.45) is 0. The molecule has 2 N–H and O–H groups in total. The van der Waals surface area contributed by atoms with Crippen molar-refractivity contribution in [2.45, 2.75) is 18.4 Å². The summed E-state index contributed by atoms with van der Waals surface area (Å²) in [7, 11) is -2.22. The highest BCUT2D eigenvalue weighted by Gasteiger charge is 2.16. The van der Waals surface area contributed by atoms with E-state index < -0.39 is 10.0 Å². The van der Waals surface area contributed by atoms with Gasteiger partial charge in [0.2, 0.25) is 10.0 Å². The smallest absolute Gasteiger partial charge is 0.256 e. The molecule has 0 aliphatic carbocycles. The largest absolute Gasteiger partial charge is 0.307 e. The third-order valence-electron chi connectivity index (χ3n) is 5.31. The number of aryl methyl sites for hydroxylation is 1. The van der Waals surface area contributed by atoms with Gasteiger partial charge in [-0.05, 0) is 49.4 Å². The van der Waals surface area contributed by atoms with Crippen LogP contribution in [-0.4, -0.2) is 31.2 Å². The van der Waals surface area contributed by atoms with Crippen LogP contribution in [0, 0.1) is 6.92 Å². The van der Waals surface area contributed by atoms with E-state index in [0.29, 0.717) is 17.9 Å². The van der Waals surface area contributed by atoms with Crippen LogP contribution in [0.25, 0.3) is 11.3 Å². The minimum atomic E-state index is -3.57. The van der Waals surface area contributed by atoms with Crippen molar-refractivity contribution in [3.05, 3.63) is 102 Å². The number of anilines is 1. The number of amides is 1. The number of carbonyl (C=O) groups excluding carboxylic acids is 1. The van der Waals surface area contributed by atoms with Crippen LogP contribution in [0.5, 0.6) is 0 Å². The lowest BCUT2D eigenvalue weighted by Crippen LogP contribution is -2.19. The lowest BCUT2D eigenvalue weighted by Gasteiger charge is -2.10. The molecule has 33 heavy (non-hydrogen) atoms. The molecule has 1 aromatic heterocycles. The fraction of sp³-hybridized carbons (Fsp3) is 0.120. The maximum absolute atomic E-state index is 12.9. The highest BCUT2D eigenvalue weighted by molar-refractivity contribution is 7.89. The van der Waals surface area contributed by atoms with Crippen LogP contribution in [0.4, 0.5) is 5.82 Å². The first-order valence-electron chi connectivity index (χ1n) is 10.4. The van der Waals surface area contributed by atoms with Crippen molar-refractivity contribution in [1.29, 1.82) is 0 Å². The minimum absolute atomic E-state index is 0.0949. The van der Waals surface area contributed by atoms with E-state index in [4.69, 9.17) is 5.10 Å². The molecule has 0 aliphatic heterocycles. The first kappa shape index (κ1) is 22.4. The monoisotopic (exact) mass is 460 g/mol. The normalized spacial score (nSPS) is 11.3. The molecule has 168 valence electrons. The first-order chi connectivity index (χ1) is 15.9. The summed E-state index contributed by atoms with van der Waals surface area (Å²) >= 11 is 0. The summed E-state index contributed by atoms with van der Waals surface area (Å²) < 4.78 is 27.9. The number of benzene rings is 3. The molecule has 3 aromatic carbocycles. The van der Waals surface area contributed by atoms with Crippen molar-refractivity contribution in [3.63, 3.8) is 0 Å². The van der Waals surface area contributed by atoms with Crippen molar-refractivity contribution in [1.82, 2.24) is 14.5 Å². The molecule has 0 radical (unpaired) electrons. The van der Waals surface area contributed by atoms with Crippen molar-refractivity contribution in [3.8, 4) is 11.3 Å². The molecule has 8 heteroatoms. The lowest BCUT2D eigenvalue weighted by molar-refractivity contribution is 0.102. The summed E-state index contributed by atoms with van der Waals surface area (Å²) in [5, 5.41) is 7.68. The van der Waals surface area contributed by atoms with Crippen LogP contribution in [0.1, 0.15) is 21.5 Å². The first-order valence-corrected chi connectivity index (χ1v) is 11.9. The molecule has 0 bridgehead atoms. The Morgan fingerprint density at radius 1 is 0.939 bits per heavy atom. The number of rotatable bonds is 7. The second kappa shape index (κ2) is 9.40. The molecule has 0 saturated heterocycles. The molecule has 0 aliphatic rings. The number of nitrogens with one attached hydrogen (secondary N) is 2. The van der Waals surface area contributed by atoms with E-state index in [9.17, 15) is 13.2 Å². The van der Waals surface area contributed by atoms with Gasteiger partial charge in [-0.2, -0.15) is 5.10 Å². The highest BCUT2D eigenvalue weighted by Crippen LogP contribution is 2.26. The fourth-order valence-corrected chi connectivity index (χ4v) is 4.21. The molecular formula is C25H24N4O3S. The highest BCUT2D eigenvalue weighted by atomic mass is 32.2. The van der Waals surface area contributed by atoms with Gasteiger partial charge >= 0.3 is 0 Å². The Hall–Kier alpha value is -3.75. The summed E-state index contributed by atoms with van der Waals surface area (Å²) in [6.45, 7) is 2.51. The van der Waals surface area contributed by atoms with Crippen LogP contribution >= 0.6 is 0 Å². The fourth-order valence-electron chi connectivity index (χ4n) is 3.48. The average molecular weight is 461 g/mol. The van der Waals surface area contributed by atoms with E-state index in [1.54, 1.807) is 4.68 Å². The third kappa shape index (κ3) is 5.02. The molecule has 1 amide bonds. The molecular weight excluding hydrogens is 436 g/mol. The molecule has 1 heterocycles. The van der Waals surface area contributed by atoms with Gasteiger partial charge < -0.3 is 5.32 Å². The van der Waals surface area contributed by atoms with E-state index in [0.717, 1.165) is 22.4 Å². The van der Waals surface area contributed by atoms with Gasteiger partial charge in [-0.15, -0.1) is 0 Å². The van der Waals surface area contributed by atoms with Gasteiger partial charge in [0.15, 0.2) is 0 Å². The van der Waals surface area contributed by atoms with E-state index in [1.165, 1.54) is 31.3 Å². The van der Waals surface area contributed by atoms with Crippen LogP contribution < -0.4 is 10.0 Å². The van der Waals surface area contributed by atoms with Gasteiger partial charge in [-0.3, -0.25) is 4.79 Å². The van der Waals surface area contributed by atoms with E-state index in [2.05, 4.69) is 10.0 Å². The van der Waals surface area contributed by atoms with Crippen molar-refractivity contribution in [2.75, 3.05) is 12.4 Å². The van der Waals surface area contributed by atoms with Crippen LogP contribution in [0.15, 0.2) is 89.8 Å². The summed E-state index contributed by atoms with van der Waals surface area (Å²) in [5.74, 6) is 0.197. The quantitative estimate of drug-likeness (QED) is 0.435. The van der Waals surface area contributed by atoms with Crippen LogP contribution in [-0.2, 0) is 16.6 Å². The third-order valence-corrected chi connectivity index (χ3v) is 6.74. The Morgan fingerprint density at radius 3 is 2.27 bits per heavy atom. The number of carbonyl (C=O) groups is 1. The Labute approximate surface area is 193 Å².